The third-order valence-electron chi connectivity index (χ3n) is 4.35. The van der Waals surface area contributed by atoms with E-state index < -0.39 is 17.6 Å². The summed E-state index contributed by atoms with van der Waals surface area (Å²) in [5.74, 6) is -1.64. The highest BCUT2D eigenvalue weighted by molar-refractivity contribution is 6.30. The average Bonchev–Trinajstić information content (AvgIpc) is 2.67. The van der Waals surface area contributed by atoms with Crippen molar-refractivity contribution in [3.8, 4) is 0 Å². The van der Waals surface area contributed by atoms with Crippen LogP contribution in [-0.2, 0) is 17.8 Å². The molecule has 0 bridgehead atoms. The van der Waals surface area contributed by atoms with Gasteiger partial charge in [-0.1, -0.05) is 36.2 Å². The predicted octanol–water partition coefficient (Wildman–Crippen LogP) is 4.24. The Morgan fingerprint density at radius 2 is 1.78 bits per heavy atom. The standard InChI is InChI=1S/C20H23ClF2N2O2/c21-18-12-15(6-9-19(18)23)11-16(20(26)25-27)3-1-2-10-24-13-14-4-7-17(22)8-5-14/h4-9,12,16,24,27H,1-3,10-11,13H2,(H,25,26)/t16-/m0/s1. The number of benzene rings is 2. The van der Waals surface area contributed by atoms with Gasteiger partial charge in [0.1, 0.15) is 11.6 Å². The zero-order chi connectivity index (χ0) is 19.6. The van der Waals surface area contributed by atoms with Crippen LogP contribution in [0.25, 0.3) is 0 Å². The molecule has 3 N–H and O–H groups in total. The van der Waals surface area contributed by atoms with E-state index in [1.54, 1.807) is 23.7 Å². The Kier molecular flexibility index (Phi) is 8.64. The van der Waals surface area contributed by atoms with Gasteiger partial charge in [0, 0.05) is 12.5 Å². The van der Waals surface area contributed by atoms with E-state index in [1.807, 2.05) is 0 Å². The fraction of sp³-hybridized carbons (Fsp3) is 0.350. The fourth-order valence-corrected chi connectivity index (χ4v) is 3.05. The number of unbranched alkanes of at least 4 members (excludes halogenated alkanes) is 1. The van der Waals surface area contributed by atoms with Crippen molar-refractivity contribution in [1.29, 1.82) is 0 Å². The predicted molar refractivity (Wildman–Crippen MR) is 100 cm³/mol. The number of amides is 1. The average molecular weight is 397 g/mol. The van der Waals surface area contributed by atoms with Gasteiger partial charge in [0.2, 0.25) is 5.91 Å². The van der Waals surface area contributed by atoms with E-state index in [-0.39, 0.29) is 10.8 Å². The normalized spacial score (nSPS) is 12.0. The molecule has 2 rings (SSSR count). The molecule has 0 aliphatic heterocycles. The number of hydrogen-bond acceptors (Lipinski definition) is 3. The molecule has 0 aromatic heterocycles. The van der Waals surface area contributed by atoms with Crippen LogP contribution in [0.1, 0.15) is 30.4 Å². The maximum absolute atomic E-state index is 13.2. The Morgan fingerprint density at radius 3 is 2.44 bits per heavy atom. The summed E-state index contributed by atoms with van der Waals surface area (Å²) in [6, 6.07) is 10.7. The first-order chi connectivity index (χ1) is 13.0. The summed E-state index contributed by atoms with van der Waals surface area (Å²) in [6.07, 6.45) is 2.58. The van der Waals surface area contributed by atoms with Crippen LogP contribution in [0, 0.1) is 17.6 Å². The van der Waals surface area contributed by atoms with Crippen molar-refractivity contribution in [2.45, 2.75) is 32.2 Å². The van der Waals surface area contributed by atoms with E-state index in [2.05, 4.69) is 5.32 Å². The minimum atomic E-state index is -0.504. The number of rotatable bonds is 10. The third kappa shape index (κ3) is 7.25. The van der Waals surface area contributed by atoms with Gasteiger partial charge in [-0.3, -0.25) is 10.0 Å². The highest BCUT2D eigenvalue weighted by Crippen LogP contribution is 2.21. The van der Waals surface area contributed by atoms with E-state index in [1.165, 1.54) is 24.3 Å². The van der Waals surface area contributed by atoms with Gasteiger partial charge in [-0.05, 0) is 61.2 Å². The molecule has 7 heteroatoms. The summed E-state index contributed by atoms with van der Waals surface area (Å²) in [7, 11) is 0. The number of hydroxylamine groups is 1. The minimum Gasteiger partial charge on any atom is -0.313 e. The van der Waals surface area contributed by atoms with Gasteiger partial charge in [-0.15, -0.1) is 0 Å². The van der Waals surface area contributed by atoms with Crippen LogP contribution in [0.2, 0.25) is 5.02 Å². The Labute approximate surface area is 162 Å². The van der Waals surface area contributed by atoms with Crippen LogP contribution in [-0.4, -0.2) is 17.7 Å². The Morgan fingerprint density at radius 1 is 1.07 bits per heavy atom. The molecular weight excluding hydrogens is 374 g/mol. The van der Waals surface area contributed by atoms with Crippen molar-refractivity contribution >= 4 is 17.5 Å². The molecule has 4 nitrogen and oxygen atoms in total. The Hall–Kier alpha value is -2.02. The molecule has 0 radical (unpaired) electrons. The van der Waals surface area contributed by atoms with Crippen LogP contribution >= 0.6 is 11.6 Å². The first-order valence-corrected chi connectivity index (χ1v) is 9.20. The second kappa shape index (κ2) is 11.0. The van der Waals surface area contributed by atoms with E-state index in [0.29, 0.717) is 19.4 Å². The van der Waals surface area contributed by atoms with Gasteiger partial charge in [-0.2, -0.15) is 0 Å². The fourth-order valence-electron chi connectivity index (χ4n) is 2.84. The Bertz CT molecular complexity index is 741. The van der Waals surface area contributed by atoms with Crippen LogP contribution < -0.4 is 10.8 Å². The lowest BCUT2D eigenvalue weighted by molar-refractivity contribution is -0.133. The summed E-state index contributed by atoms with van der Waals surface area (Å²) in [6.45, 7) is 1.40. The molecular formula is C20H23ClF2N2O2. The maximum Gasteiger partial charge on any atom is 0.246 e. The molecule has 0 aliphatic carbocycles. The molecule has 2 aromatic rings. The van der Waals surface area contributed by atoms with Crippen LogP contribution in [0.5, 0.6) is 0 Å². The van der Waals surface area contributed by atoms with Crippen molar-refractivity contribution in [1.82, 2.24) is 10.8 Å². The van der Waals surface area contributed by atoms with E-state index in [4.69, 9.17) is 16.8 Å². The Balaban J connectivity index is 1.74. The first-order valence-electron chi connectivity index (χ1n) is 8.82. The van der Waals surface area contributed by atoms with Crippen molar-refractivity contribution in [2.75, 3.05) is 6.54 Å². The van der Waals surface area contributed by atoms with Crippen LogP contribution in [0.15, 0.2) is 42.5 Å². The quantitative estimate of drug-likeness (QED) is 0.320. The molecule has 1 atom stereocenters. The third-order valence-corrected chi connectivity index (χ3v) is 4.64. The number of carbonyl (C=O) groups is 1. The summed E-state index contributed by atoms with van der Waals surface area (Å²) in [5.41, 5.74) is 3.44. The summed E-state index contributed by atoms with van der Waals surface area (Å²) in [5, 5.41) is 12.2. The molecule has 0 saturated carbocycles. The van der Waals surface area contributed by atoms with Crippen molar-refractivity contribution in [3.05, 3.63) is 70.2 Å². The lowest BCUT2D eigenvalue weighted by atomic mass is 9.93. The monoisotopic (exact) mass is 396 g/mol. The zero-order valence-electron chi connectivity index (χ0n) is 14.9. The van der Waals surface area contributed by atoms with E-state index in [9.17, 15) is 13.6 Å². The SMILES string of the molecule is O=C(NO)[C@@H](CCCCNCc1ccc(F)cc1)Cc1ccc(F)c(Cl)c1. The molecule has 0 unspecified atom stereocenters. The number of halogens is 3. The second-order valence-electron chi connectivity index (χ2n) is 6.42. The number of nitrogens with one attached hydrogen (secondary N) is 2. The van der Waals surface area contributed by atoms with Gasteiger partial charge in [0.05, 0.1) is 5.02 Å². The smallest absolute Gasteiger partial charge is 0.246 e. The number of hydrogen-bond donors (Lipinski definition) is 3. The largest absolute Gasteiger partial charge is 0.313 e. The number of carbonyl (C=O) groups excluding carboxylic acids is 1. The van der Waals surface area contributed by atoms with Crippen molar-refractivity contribution < 1.29 is 18.8 Å². The second-order valence-corrected chi connectivity index (χ2v) is 6.83. The summed E-state index contributed by atoms with van der Waals surface area (Å²) >= 11 is 5.78. The molecule has 0 aliphatic rings. The van der Waals surface area contributed by atoms with Crippen LogP contribution in [0.3, 0.4) is 0 Å². The van der Waals surface area contributed by atoms with Gasteiger partial charge < -0.3 is 5.32 Å². The minimum absolute atomic E-state index is 0.0145. The molecule has 0 saturated heterocycles. The molecule has 146 valence electrons. The van der Waals surface area contributed by atoms with Crippen molar-refractivity contribution in [2.24, 2.45) is 5.92 Å². The van der Waals surface area contributed by atoms with Gasteiger partial charge >= 0.3 is 0 Å². The van der Waals surface area contributed by atoms with E-state index in [0.717, 1.165) is 30.5 Å². The van der Waals surface area contributed by atoms with E-state index >= 15 is 0 Å². The highest BCUT2D eigenvalue weighted by Gasteiger charge is 2.18. The molecule has 0 heterocycles. The highest BCUT2D eigenvalue weighted by atomic mass is 35.5. The molecule has 1 amide bonds. The summed E-state index contributed by atoms with van der Waals surface area (Å²) in [4.78, 5) is 11.9. The molecule has 27 heavy (non-hydrogen) atoms. The molecule has 0 fully saturated rings. The molecule has 2 aromatic carbocycles. The van der Waals surface area contributed by atoms with Gasteiger partial charge in [0.25, 0.3) is 0 Å². The van der Waals surface area contributed by atoms with Crippen molar-refractivity contribution in [3.63, 3.8) is 0 Å². The summed E-state index contributed by atoms with van der Waals surface area (Å²) < 4.78 is 26.1. The van der Waals surface area contributed by atoms with Gasteiger partial charge in [0.15, 0.2) is 0 Å². The lowest BCUT2D eigenvalue weighted by Gasteiger charge is -2.15. The topological polar surface area (TPSA) is 61.4 Å². The van der Waals surface area contributed by atoms with Crippen LogP contribution in [0.4, 0.5) is 8.78 Å². The maximum atomic E-state index is 13.2. The zero-order valence-corrected chi connectivity index (χ0v) is 15.6. The van der Waals surface area contributed by atoms with Gasteiger partial charge in [-0.25, -0.2) is 14.3 Å². The first kappa shape index (κ1) is 21.3. The molecule has 0 spiro atoms. The lowest BCUT2D eigenvalue weighted by Crippen LogP contribution is -2.29.